The number of carboxylic acids is 1. The minimum absolute atomic E-state index is 0.195. The van der Waals surface area contributed by atoms with Gasteiger partial charge in [0, 0.05) is 12.6 Å². The van der Waals surface area contributed by atoms with E-state index in [1.54, 1.807) is 0 Å². The highest BCUT2D eigenvalue weighted by molar-refractivity contribution is 5.66. The first-order valence-corrected chi connectivity index (χ1v) is 6.59. The third kappa shape index (κ3) is 2.51. The zero-order valence-electron chi connectivity index (χ0n) is 10.7. The van der Waals surface area contributed by atoms with Crippen LogP contribution in [0.2, 0.25) is 0 Å². The molecule has 5 heteroatoms. The van der Waals surface area contributed by atoms with Crippen LogP contribution in [0.3, 0.4) is 0 Å². The van der Waals surface area contributed by atoms with Gasteiger partial charge in [-0.3, -0.25) is 9.69 Å². The number of likely N-dealkylation sites (tertiary alicyclic amines) is 1. The van der Waals surface area contributed by atoms with Crippen molar-refractivity contribution < 1.29 is 19.4 Å². The van der Waals surface area contributed by atoms with Crippen molar-refractivity contribution in [1.29, 1.82) is 0 Å². The Kier molecular flexibility index (Phi) is 3.29. The molecule has 19 heavy (non-hydrogen) atoms. The molecule has 102 valence electrons. The first kappa shape index (κ1) is 12.3. The second-order valence-corrected chi connectivity index (χ2v) is 4.95. The molecule has 2 heterocycles. The molecule has 1 aromatic carbocycles. The summed E-state index contributed by atoms with van der Waals surface area (Å²) in [6.45, 7) is 1.85. The van der Waals surface area contributed by atoms with Crippen LogP contribution in [0.15, 0.2) is 18.2 Å². The van der Waals surface area contributed by atoms with Gasteiger partial charge in [-0.15, -0.1) is 0 Å². The molecular weight excluding hydrogens is 246 g/mol. The molecule has 2 aliphatic rings. The molecule has 3 rings (SSSR count). The van der Waals surface area contributed by atoms with Crippen LogP contribution in [-0.4, -0.2) is 35.9 Å². The molecule has 1 fully saturated rings. The summed E-state index contributed by atoms with van der Waals surface area (Å²) >= 11 is 0. The molecule has 0 aliphatic carbocycles. The zero-order chi connectivity index (χ0) is 13.2. The molecule has 1 aromatic rings. The maximum Gasteiger partial charge on any atom is 0.304 e. The van der Waals surface area contributed by atoms with Crippen molar-refractivity contribution in [3.63, 3.8) is 0 Å². The fraction of sp³-hybridized carbons (Fsp3) is 0.500. The van der Waals surface area contributed by atoms with Crippen molar-refractivity contribution >= 4 is 5.97 Å². The van der Waals surface area contributed by atoms with Crippen molar-refractivity contribution in [2.75, 3.05) is 19.9 Å². The number of carboxylic acid groups (broad SMARTS) is 1. The van der Waals surface area contributed by atoms with Crippen LogP contribution < -0.4 is 9.47 Å². The summed E-state index contributed by atoms with van der Waals surface area (Å²) in [6.07, 6.45) is 2.37. The zero-order valence-corrected chi connectivity index (χ0v) is 10.7. The van der Waals surface area contributed by atoms with Gasteiger partial charge in [-0.2, -0.15) is 0 Å². The minimum atomic E-state index is -0.740. The van der Waals surface area contributed by atoms with Crippen LogP contribution in [0.25, 0.3) is 0 Å². The quantitative estimate of drug-likeness (QED) is 0.900. The molecule has 2 aliphatic heterocycles. The Hall–Kier alpha value is -1.75. The maximum absolute atomic E-state index is 10.7. The summed E-state index contributed by atoms with van der Waals surface area (Å²) in [6, 6.07) is 6.31. The molecule has 0 radical (unpaired) electrons. The van der Waals surface area contributed by atoms with Crippen LogP contribution in [0, 0.1) is 0 Å². The van der Waals surface area contributed by atoms with Gasteiger partial charge in [-0.25, -0.2) is 0 Å². The Morgan fingerprint density at radius 2 is 2.21 bits per heavy atom. The summed E-state index contributed by atoms with van der Waals surface area (Å²) in [7, 11) is 0. The van der Waals surface area contributed by atoms with E-state index in [2.05, 4.69) is 11.0 Å². The molecular formula is C14H17NO4. The Balaban J connectivity index is 1.75. The number of nitrogens with zero attached hydrogens (tertiary/aromatic N) is 1. The number of hydrogen-bond donors (Lipinski definition) is 1. The summed E-state index contributed by atoms with van der Waals surface area (Å²) in [5.41, 5.74) is 1.19. The highest BCUT2D eigenvalue weighted by Crippen LogP contribution is 2.38. The smallest absolute Gasteiger partial charge is 0.304 e. The number of rotatable bonds is 4. The van der Waals surface area contributed by atoms with Gasteiger partial charge >= 0.3 is 5.97 Å². The van der Waals surface area contributed by atoms with Crippen LogP contribution in [0.1, 0.15) is 30.9 Å². The Morgan fingerprint density at radius 1 is 1.37 bits per heavy atom. The molecule has 1 saturated heterocycles. The monoisotopic (exact) mass is 263 g/mol. The van der Waals surface area contributed by atoms with E-state index in [1.807, 2.05) is 12.1 Å². The van der Waals surface area contributed by atoms with Crippen molar-refractivity contribution in [2.24, 2.45) is 0 Å². The molecule has 0 bridgehead atoms. The highest BCUT2D eigenvalue weighted by atomic mass is 16.7. The van der Waals surface area contributed by atoms with E-state index < -0.39 is 5.97 Å². The standard InChI is InChI=1S/C14H17NO4/c16-14(17)5-7-15-6-1-2-11(15)10-3-4-12-13(8-10)19-9-18-12/h3-4,8,11H,1-2,5-7,9H2,(H,16,17)/t11-/m1/s1. The van der Waals surface area contributed by atoms with Gasteiger partial charge < -0.3 is 14.6 Å². The molecule has 0 spiro atoms. The fourth-order valence-electron chi connectivity index (χ4n) is 2.83. The summed E-state index contributed by atoms with van der Waals surface area (Å²) < 4.78 is 10.7. The van der Waals surface area contributed by atoms with E-state index in [0.29, 0.717) is 12.6 Å². The van der Waals surface area contributed by atoms with Gasteiger partial charge in [0.15, 0.2) is 11.5 Å². The van der Waals surface area contributed by atoms with E-state index in [4.69, 9.17) is 14.6 Å². The number of fused-ring (bicyclic) bond motifs is 1. The van der Waals surface area contributed by atoms with E-state index in [1.165, 1.54) is 5.56 Å². The third-order valence-electron chi connectivity index (χ3n) is 3.76. The largest absolute Gasteiger partial charge is 0.481 e. The van der Waals surface area contributed by atoms with Crippen LogP contribution in [-0.2, 0) is 4.79 Å². The van der Waals surface area contributed by atoms with Crippen LogP contribution >= 0.6 is 0 Å². The van der Waals surface area contributed by atoms with E-state index in [-0.39, 0.29) is 13.2 Å². The van der Waals surface area contributed by atoms with Crippen LogP contribution in [0.5, 0.6) is 11.5 Å². The molecule has 1 atom stereocenters. The van der Waals surface area contributed by atoms with E-state index in [0.717, 1.165) is 30.9 Å². The van der Waals surface area contributed by atoms with Gasteiger partial charge in [-0.05, 0) is 37.1 Å². The molecule has 1 N–H and O–H groups in total. The normalized spacial score (nSPS) is 21.8. The lowest BCUT2D eigenvalue weighted by Crippen LogP contribution is -2.26. The summed E-state index contributed by atoms with van der Waals surface area (Å²) in [5, 5.41) is 8.79. The Bertz CT molecular complexity index is 488. The minimum Gasteiger partial charge on any atom is -0.481 e. The first-order valence-electron chi connectivity index (χ1n) is 6.59. The van der Waals surface area contributed by atoms with Crippen molar-refractivity contribution in [3.05, 3.63) is 23.8 Å². The van der Waals surface area contributed by atoms with Gasteiger partial charge in [0.05, 0.1) is 6.42 Å². The first-order chi connectivity index (χ1) is 9.24. The number of hydrogen-bond acceptors (Lipinski definition) is 4. The Morgan fingerprint density at radius 3 is 3.05 bits per heavy atom. The predicted molar refractivity (Wildman–Crippen MR) is 68.4 cm³/mol. The highest BCUT2D eigenvalue weighted by Gasteiger charge is 2.27. The topological polar surface area (TPSA) is 59.0 Å². The second kappa shape index (κ2) is 5.09. The number of ether oxygens (including phenoxy) is 2. The van der Waals surface area contributed by atoms with E-state index in [9.17, 15) is 4.79 Å². The lowest BCUT2D eigenvalue weighted by Gasteiger charge is -2.24. The lowest BCUT2D eigenvalue weighted by molar-refractivity contribution is -0.137. The van der Waals surface area contributed by atoms with Crippen molar-refractivity contribution in [1.82, 2.24) is 4.90 Å². The van der Waals surface area contributed by atoms with Gasteiger partial charge in [-0.1, -0.05) is 6.07 Å². The average Bonchev–Trinajstić information content (AvgIpc) is 3.04. The maximum atomic E-state index is 10.7. The van der Waals surface area contributed by atoms with E-state index >= 15 is 0 Å². The van der Waals surface area contributed by atoms with Crippen molar-refractivity contribution in [3.8, 4) is 11.5 Å². The molecule has 5 nitrogen and oxygen atoms in total. The third-order valence-corrected chi connectivity index (χ3v) is 3.76. The predicted octanol–water partition coefficient (Wildman–Crippen LogP) is 2.03. The number of carbonyl (C=O) groups is 1. The molecule has 0 saturated carbocycles. The Labute approximate surface area is 111 Å². The van der Waals surface area contributed by atoms with Gasteiger partial charge in [0.2, 0.25) is 6.79 Å². The lowest BCUT2D eigenvalue weighted by atomic mass is 10.0. The van der Waals surface area contributed by atoms with Crippen LogP contribution in [0.4, 0.5) is 0 Å². The number of benzene rings is 1. The summed E-state index contributed by atoms with van der Waals surface area (Å²) in [5.74, 6) is 0.845. The van der Waals surface area contributed by atoms with Crippen molar-refractivity contribution in [2.45, 2.75) is 25.3 Å². The van der Waals surface area contributed by atoms with Gasteiger partial charge in [0.25, 0.3) is 0 Å². The molecule has 0 amide bonds. The summed E-state index contributed by atoms with van der Waals surface area (Å²) in [4.78, 5) is 12.9. The molecule has 0 aromatic heterocycles. The second-order valence-electron chi connectivity index (χ2n) is 4.95. The van der Waals surface area contributed by atoms with Gasteiger partial charge in [0.1, 0.15) is 0 Å². The fourth-order valence-corrected chi connectivity index (χ4v) is 2.83. The number of aliphatic carboxylic acids is 1. The molecule has 0 unspecified atom stereocenters. The average molecular weight is 263 g/mol. The SMILES string of the molecule is O=C(O)CCN1CCC[C@@H]1c1ccc2c(c1)OCO2.